The smallest absolute Gasteiger partial charge is 0.335 e. The fourth-order valence-corrected chi connectivity index (χ4v) is 1.19. The van der Waals surface area contributed by atoms with Crippen molar-refractivity contribution < 1.29 is 14.7 Å². The first-order valence-electron chi connectivity index (χ1n) is 5.11. The molecular formula is C11H14N2O3. The monoisotopic (exact) mass is 222 g/mol. The van der Waals surface area contributed by atoms with Gasteiger partial charge in [-0.3, -0.25) is 4.79 Å². The fourth-order valence-electron chi connectivity index (χ4n) is 1.19. The van der Waals surface area contributed by atoms with Gasteiger partial charge in [0.25, 0.3) is 0 Å². The Morgan fingerprint density at radius 1 is 1.38 bits per heavy atom. The Hall–Kier alpha value is -1.91. The Kier molecular flexibility index (Phi) is 3.99. The lowest BCUT2D eigenvalue weighted by Gasteiger charge is -2.06. The summed E-state index contributed by atoms with van der Waals surface area (Å²) in [6.07, 6.45) is 0.955. The minimum absolute atomic E-state index is 0.137. The third-order valence-electron chi connectivity index (χ3n) is 2.08. The van der Waals surface area contributed by atoms with Gasteiger partial charge in [0.05, 0.1) is 5.56 Å². The van der Waals surface area contributed by atoms with E-state index in [9.17, 15) is 9.59 Å². The van der Waals surface area contributed by atoms with Gasteiger partial charge in [0.2, 0.25) is 5.91 Å². The molecule has 16 heavy (non-hydrogen) atoms. The minimum Gasteiger partial charge on any atom is -0.478 e. The van der Waals surface area contributed by atoms with E-state index in [1.165, 1.54) is 12.1 Å². The predicted molar refractivity (Wildman–Crippen MR) is 59.5 cm³/mol. The third kappa shape index (κ3) is 3.05. The molecule has 0 radical (unpaired) electrons. The van der Waals surface area contributed by atoms with Crippen LogP contribution in [0.15, 0.2) is 12.1 Å². The fraction of sp³-hybridized carbons (Fsp3) is 0.364. The standard InChI is InChI=1S/C11H14N2O3/c1-3-8-5-7(11(15)16)6-9(12-8)13-10(14)4-2/h5-6H,3-4H2,1-2H3,(H,15,16)(H,12,13,14). The second kappa shape index (κ2) is 5.25. The van der Waals surface area contributed by atoms with Crippen LogP contribution in [0, 0.1) is 0 Å². The number of rotatable bonds is 4. The van der Waals surface area contributed by atoms with Gasteiger partial charge in [-0.15, -0.1) is 0 Å². The number of nitrogens with one attached hydrogen (secondary N) is 1. The van der Waals surface area contributed by atoms with Crippen molar-refractivity contribution in [2.24, 2.45) is 0 Å². The molecule has 0 fully saturated rings. The summed E-state index contributed by atoms with van der Waals surface area (Å²) in [4.78, 5) is 26.1. The molecule has 1 aromatic heterocycles. The normalized spacial score (nSPS) is 9.88. The van der Waals surface area contributed by atoms with E-state index in [2.05, 4.69) is 10.3 Å². The maximum Gasteiger partial charge on any atom is 0.335 e. The second-order valence-corrected chi connectivity index (χ2v) is 3.29. The summed E-state index contributed by atoms with van der Waals surface area (Å²) >= 11 is 0. The number of hydrogen-bond acceptors (Lipinski definition) is 3. The highest BCUT2D eigenvalue weighted by atomic mass is 16.4. The van der Waals surface area contributed by atoms with Crippen LogP contribution in [-0.4, -0.2) is 22.0 Å². The summed E-state index contributed by atoms with van der Waals surface area (Å²) in [5.74, 6) is -0.912. The van der Waals surface area contributed by atoms with E-state index < -0.39 is 5.97 Å². The number of aromatic carboxylic acids is 1. The number of hydrogen-bond donors (Lipinski definition) is 2. The van der Waals surface area contributed by atoms with Gasteiger partial charge in [0, 0.05) is 12.1 Å². The molecule has 5 heteroatoms. The number of nitrogens with zero attached hydrogens (tertiary/aromatic N) is 1. The number of amides is 1. The van der Waals surface area contributed by atoms with Crippen molar-refractivity contribution in [2.75, 3.05) is 5.32 Å². The second-order valence-electron chi connectivity index (χ2n) is 3.29. The molecule has 0 bridgehead atoms. The number of aryl methyl sites for hydroxylation is 1. The molecule has 1 heterocycles. The molecule has 0 saturated heterocycles. The maximum absolute atomic E-state index is 11.2. The molecule has 0 saturated carbocycles. The van der Waals surface area contributed by atoms with Gasteiger partial charge in [0.1, 0.15) is 5.82 Å². The lowest BCUT2D eigenvalue weighted by molar-refractivity contribution is -0.115. The summed E-state index contributed by atoms with van der Waals surface area (Å²) in [6, 6.07) is 2.86. The lowest BCUT2D eigenvalue weighted by atomic mass is 10.2. The zero-order valence-electron chi connectivity index (χ0n) is 9.28. The zero-order valence-corrected chi connectivity index (χ0v) is 9.28. The molecule has 0 aromatic carbocycles. The van der Waals surface area contributed by atoms with Crippen LogP contribution >= 0.6 is 0 Å². The lowest BCUT2D eigenvalue weighted by Crippen LogP contribution is -2.12. The summed E-state index contributed by atoms with van der Waals surface area (Å²) in [7, 11) is 0. The topological polar surface area (TPSA) is 79.3 Å². The summed E-state index contributed by atoms with van der Waals surface area (Å²) in [5, 5.41) is 11.4. The van der Waals surface area contributed by atoms with Crippen LogP contribution in [-0.2, 0) is 11.2 Å². The van der Waals surface area contributed by atoms with Gasteiger partial charge in [-0.25, -0.2) is 9.78 Å². The Labute approximate surface area is 93.5 Å². The van der Waals surface area contributed by atoms with Crippen molar-refractivity contribution in [1.82, 2.24) is 4.98 Å². The largest absolute Gasteiger partial charge is 0.478 e. The molecule has 0 aliphatic rings. The van der Waals surface area contributed by atoms with Crippen LogP contribution in [0.3, 0.4) is 0 Å². The number of carboxylic acids is 1. The highest BCUT2D eigenvalue weighted by Crippen LogP contribution is 2.11. The SMILES string of the molecule is CCC(=O)Nc1cc(C(=O)O)cc(CC)n1. The predicted octanol–water partition coefficient (Wildman–Crippen LogP) is 1.69. The van der Waals surface area contributed by atoms with Crippen LogP contribution in [0.5, 0.6) is 0 Å². The summed E-state index contributed by atoms with van der Waals surface area (Å²) in [6.45, 7) is 3.59. The van der Waals surface area contributed by atoms with Gasteiger partial charge in [-0.2, -0.15) is 0 Å². The molecule has 1 rings (SSSR count). The van der Waals surface area contributed by atoms with E-state index in [1.54, 1.807) is 6.92 Å². The van der Waals surface area contributed by atoms with E-state index >= 15 is 0 Å². The van der Waals surface area contributed by atoms with Crippen LogP contribution < -0.4 is 5.32 Å². The van der Waals surface area contributed by atoms with Gasteiger partial charge in [-0.1, -0.05) is 13.8 Å². The van der Waals surface area contributed by atoms with Crippen LogP contribution in [0.4, 0.5) is 5.82 Å². The molecule has 1 aromatic rings. The van der Waals surface area contributed by atoms with Crippen molar-refractivity contribution in [2.45, 2.75) is 26.7 Å². The van der Waals surface area contributed by atoms with Crippen LogP contribution in [0.1, 0.15) is 36.3 Å². The Balaban J connectivity index is 3.04. The van der Waals surface area contributed by atoms with E-state index in [0.717, 1.165) is 0 Å². The van der Waals surface area contributed by atoms with Gasteiger partial charge in [0.15, 0.2) is 0 Å². The quantitative estimate of drug-likeness (QED) is 0.812. The summed E-state index contributed by atoms with van der Waals surface area (Å²) in [5.41, 5.74) is 0.782. The van der Waals surface area contributed by atoms with Crippen LogP contribution in [0.25, 0.3) is 0 Å². The number of carboxylic acid groups (broad SMARTS) is 1. The van der Waals surface area contributed by atoms with Crippen LogP contribution in [0.2, 0.25) is 0 Å². The number of anilines is 1. The van der Waals surface area contributed by atoms with Gasteiger partial charge in [-0.05, 0) is 18.6 Å². The highest BCUT2D eigenvalue weighted by Gasteiger charge is 2.09. The number of pyridine rings is 1. The molecule has 0 spiro atoms. The Bertz CT molecular complexity index is 416. The molecule has 0 aliphatic heterocycles. The molecule has 0 unspecified atom stereocenters. The minimum atomic E-state index is -1.02. The molecule has 86 valence electrons. The number of carbonyl (C=O) groups excluding carboxylic acids is 1. The van der Waals surface area contributed by atoms with E-state index in [1.807, 2.05) is 6.92 Å². The van der Waals surface area contributed by atoms with Gasteiger partial charge >= 0.3 is 5.97 Å². The van der Waals surface area contributed by atoms with E-state index in [4.69, 9.17) is 5.11 Å². The molecule has 5 nitrogen and oxygen atoms in total. The number of carbonyl (C=O) groups is 2. The highest BCUT2D eigenvalue weighted by molar-refractivity contribution is 5.92. The first-order chi connectivity index (χ1) is 7.56. The molecular weight excluding hydrogens is 208 g/mol. The maximum atomic E-state index is 11.2. The van der Waals surface area contributed by atoms with Crippen molar-refractivity contribution in [3.8, 4) is 0 Å². The third-order valence-corrected chi connectivity index (χ3v) is 2.08. The van der Waals surface area contributed by atoms with E-state index in [-0.39, 0.29) is 11.5 Å². The van der Waals surface area contributed by atoms with Crippen molar-refractivity contribution >= 4 is 17.7 Å². The van der Waals surface area contributed by atoms with Crippen molar-refractivity contribution in [1.29, 1.82) is 0 Å². The molecule has 0 atom stereocenters. The molecule has 1 amide bonds. The summed E-state index contributed by atoms with van der Waals surface area (Å²) < 4.78 is 0. The first kappa shape index (κ1) is 12.2. The van der Waals surface area contributed by atoms with E-state index in [0.29, 0.717) is 24.4 Å². The Morgan fingerprint density at radius 2 is 2.06 bits per heavy atom. The van der Waals surface area contributed by atoms with Gasteiger partial charge < -0.3 is 10.4 Å². The Morgan fingerprint density at radius 3 is 2.56 bits per heavy atom. The number of aromatic nitrogens is 1. The van der Waals surface area contributed by atoms with Crippen molar-refractivity contribution in [3.05, 3.63) is 23.4 Å². The average molecular weight is 222 g/mol. The molecule has 2 N–H and O–H groups in total. The zero-order chi connectivity index (χ0) is 12.1. The average Bonchev–Trinajstić information content (AvgIpc) is 2.28. The van der Waals surface area contributed by atoms with Crippen molar-refractivity contribution in [3.63, 3.8) is 0 Å². The molecule has 0 aliphatic carbocycles. The first-order valence-corrected chi connectivity index (χ1v) is 5.11.